The van der Waals surface area contributed by atoms with Gasteiger partial charge in [0, 0.05) is 11.1 Å². The highest BCUT2D eigenvalue weighted by atomic mass is 16.4. The molecule has 0 spiro atoms. The van der Waals surface area contributed by atoms with Gasteiger partial charge in [-0.05, 0) is 146 Å². The number of carboxylic acids is 5. The number of hydrogen-bond acceptors (Lipinski definition) is 14. The summed E-state index contributed by atoms with van der Waals surface area (Å²) in [5, 5.41) is 70.2. The number of aromatic carboxylic acids is 5. The van der Waals surface area contributed by atoms with Crippen molar-refractivity contribution in [2.45, 2.75) is 118 Å². The summed E-state index contributed by atoms with van der Waals surface area (Å²) in [6.07, 6.45) is 0. The fourth-order valence-electron chi connectivity index (χ4n) is 5.59. The Labute approximate surface area is 426 Å². The summed E-state index contributed by atoms with van der Waals surface area (Å²) in [6.45, 7) is 33.7. The third kappa shape index (κ3) is 26.0. The summed E-state index contributed by atoms with van der Waals surface area (Å²) in [4.78, 5) is 54.3. The summed E-state index contributed by atoms with van der Waals surface area (Å²) in [5.41, 5.74) is 7.68. The molecule has 0 N–H and O–H groups in total. The first kappa shape index (κ1) is 68.1. The summed E-state index contributed by atoms with van der Waals surface area (Å²) in [7, 11) is 0. The largest absolute Gasteiger partial charge is 0.545 e. The third-order valence-electron chi connectivity index (χ3n) is 8.25. The predicted molar refractivity (Wildman–Crippen MR) is 279 cm³/mol. The Bertz CT molecular complexity index is 2530. The molecule has 0 amide bonds. The number of nitrogens with zero attached hydrogens (tertiary/aromatic N) is 4. The minimum Gasteiger partial charge on any atom is -0.545 e. The number of carbonyl (C=O) groups excluding carboxylic acids is 5. The van der Waals surface area contributed by atoms with Gasteiger partial charge in [-0.15, -0.1) is 0 Å². The summed E-state index contributed by atoms with van der Waals surface area (Å²) in [6, 6.07) is 32.2. The lowest BCUT2D eigenvalue weighted by Crippen LogP contribution is -2.25. The highest BCUT2D eigenvalue weighted by molar-refractivity contribution is 5.95. The first-order chi connectivity index (χ1) is 34.4. The Morgan fingerprint density at radius 1 is 0.264 bits per heavy atom. The average molecular weight is 984 g/mol. The molecule has 0 aliphatic heterocycles. The second-order valence-corrected chi connectivity index (χ2v) is 13.5. The van der Waals surface area contributed by atoms with Crippen molar-refractivity contribution >= 4 is 52.6 Å². The van der Waals surface area contributed by atoms with Crippen LogP contribution in [0.25, 0.3) is 11.1 Å². The molecule has 0 saturated carbocycles. The number of carbonyl (C=O) groups is 5. The van der Waals surface area contributed by atoms with Gasteiger partial charge in [0.25, 0.3) is 0 Å². The van der Waals surface area contributed by atoms with Gasteiger partial charge in [-0.3, -0.25) is 0 Å². The first-order valence-electron chi connectivity index (χ1n) is 23.9. The van der Waals surface area contributed by atoms with Crippen LogP contribution in [0, 0.1) is 34.6 Å². The molecule has 0 heterocycles. The predicted octanol–water partition coefficient (Wildman–Crippen LogP) is 11.1. The molecule has 0 aliphatic carbocycles. The van der Waals surface area contributed by atoms with Crippen molar-refractivity contribution in [2.75, 3.05) is 0 Å². The molecular formula is C58H71N4O10-5. The summed E-state index contributed by atoms with van der Waals surface area (Å²) < 4.78 is 0. The molecule has 6 rings (SSSR count). The van der Waals surface area contributed by atoms with Crippen molar-refractivity contribution in [2.24, 2.45) is 20.5 Å². The van der Waals surface area contributed by atoms with Gasteiger partial charge in [0.2, 0.25) is 0 Å². The van der Waals surface area contributed by atoms with Gasteiger partial charge < -0.3 is 49.5 Å². The molecule has 14 heteroatoms. The third-order valence-corrected chi connectivity index (χ3v) is 8.25. The average Bonchev–Trinajstić information content (AvgIpc) is 3.38. The molecule has 0 aliphatic rings. The van der Waals surface area contributed by atoms with E-state index >= 15 is 0 Å². The Morgan fingerprint density at radius 2 is 0.514 bits per heavy atom. The van der Waals surface area contributed by atoms with Gasteiger partial charge in [-0.1, -0.05) is 148 Å². The topological polar surface area (TPSA) is 250 Å². The maximum Gasteiger partial charge on any atom is 0.0870 e. The van der Waals surface area contributed by atoms with Crippen LogP contribution < -0.4 is 25.5 Å². The van der Waals surface area contributed by atoms with Crippen LogP contribution in [0.2, 0.25) is 0 Å². The van der Waals surface area contributed by atoms with E-state index in [1.165, 1.54) is 36.4 Å². The number of carboxylic acid groups (broad SMARTS) is 5. The number of hydrogen-bond donors (Lipinski definition) is 0. The van der Waals surface area contributed by atoms with Crippen LogP contribution in [-0.4, -0.2) is 29.8 Å². The molecule has 0 radical (unpaired) electrons. The van der Waals surface area contributed by atoms with Gasteiger partial charge in [0.05, 0.1) is 52.6 Å². The monoisotopic (exact) mass is 984 g/mol. The number of aryl methyl sites for hydroxylation is 5. The molecule has 0 saturated heterocycles. The highest BCUT2D eigenvalue weighted by Crippen LogP contribution is 2.26. The molecular weight excluding hydrogens is 913 g/mol. The highest BCUT2D eigenvalue weighted by Gasteiger charge is 2.07. The SMILES string of the molecule is CC.CC.CC.CC.CC.CC.Cc1cc(C)cc(-c2cc(C(=O)[O-])cc(C(=O)[O-])c2)c1.Cc1cc(C)cc(N=Nc2cc(C(=O)[O-])cc(C(=O)[O-])c2)c1.Cc1ccc(N=Nc2ccc(C(=O)[O-])cc2)cc1. The van der Waals surface area contributed by atoms with Crippen LogP contribution in [0.15, 0.2) is 142 Å². The first-order valence-corrected chi connectivity index (χ1v) is 23.9. The van der Waals surface area contributed by atoms with Gasteiger partial charge in [-0.2, -0.15) is 20.5 Å². The Balaban J connectivity index is -0.000000898. The Morgan fingerprint density at radius 3 is 0.833 bits per heavy atom. The van der Waals surface area contributed by atoms with E-state index in [1.807, 2.05) is 166 Å². The van der Waals surface area contributed by atoms with Gasteiger partial charge in [-0.25, -0.2) is 0 Å². The number of rotatable bonds is 10. The van der Waals surface area contributed by atoms with E-state index < -0.39 is 29.8 Å². The maximum atomic E-state index is 11.0. The van der Waals surface area contributed by atoms with Crippen LogP contribution in [0.3, 0.4) is 0 Å². The lowest BCUT2D eigenvalue weighted by molar-refractivity contribution is -0.257. The van der Waals surface area contributed by atoms with Crippen molar-refractivity contribution in [3.63, 3.8) is 0 Å². The molecule has 6 aromatic rings. The number of benzene rings is 6. The van der Waals surface area contributed by atoms with Crippen molar-refractivity contribution in [1.29, 1.82) is 0 Å². The Kier molecular flexibility index (Phi) is 36.6. The van der Waals surface area contributed by atoms with E-state index in [9.17, 15) is 49.5 Å². The van der Waals surface area contributed by atoms with Crippen molar-refractivity contribution < 1.29 is 49.5 Å². The molecule has 72 heavy (non-hydrogen) atoms. The van der Waals surface area contributed by atoms with E-state index in [2.05, 4.69) is 20.5 Å². The molecule has 0 atom stereocenters. The van der Waals surface area contributed by atoms with E-state index in [0.717, 1.165) is 51.2 Å². The van der Waals surface area contributed by atoms with Crippen LogP contribution in [-0.2, 0) is 0 Å². The minimum atomic E-state index is -1.49. The van der Waals surface area contributed by atoms with E-state index in [-0.39, 0.29) is 33.5 Å². The lowest BCUT2D eigenvalue weighted by Gasteiger charge is -2.12. The molecule has 0 aromatic heterocycles. The molecule has 14 nitrogen and oxygen atoms in total. The normalized spacial score (nSPS) is 9.35. The second-order valence-electron chi connectivity index (χ2n) is 13.5. The van der Waals surface area contributed by atoms with Gasteiger partial charge in [0.15, 0.2) is 0 Å². The standard InChI is InChI=1S/C16H14N2O4.C16H14O4.C14H12N2O2.6C2H6/c1-9-3-10(2)5-13(4-9)17-18-14-7-11(15(19)20)6-12(8-14)16(21)22;1-9-3-10(2)5-11(4-9)12-6-13(15(17)18)8-14(7-12)16(19)20;1-10-2-6-12(7-3-10)15-16-13-8-4-11(5-9-13)14(17)18;6*1-2/h3-8H,1-2H3,(H,19,20)(H,21,22);3-8H,1-2H3,(H,17,18)(H,19,20);2-9H,1H3,(H,17,18);6*1-2H3/p-5. The lowest BCUT2D eigenvalue weighted by atomic mass is 9.97. The zero-order valence-corrected chi connectivity index (χ0v) is 44.9. The van der Waals surface area contributed by atoms with E-state index in [1.54, 1.807) is 24.3 Å². The molecule has 6 aromatic carbocycles. The van der Waals surface area contributed by atoms with Crippen molar-refractivity contribution in [3.05, 3.63) is 177 Å². The quantitative estimate of drug-likeness (QED) is 0.117. The fraction of sp³-hybridized carbons (Fsp3) is 0.293. The summed E-state index contributed by atoms with van der Waals surface area (Å²) in [5.74, 6) is -7.02. The van der Waals surface area contributed by atoms with Crippen LogP contribution in [0.4, 0.5) is 22.7 Å². The van der Waals surface area contributed by atoms with Gasteiger partial charge in [0.1, 0.15) is 0 Å². The van der Waals surface area contributed by atoms with E-state index in [4.69, 9.17) is 0 Å². The molecule has 0 fully saturated rings. The molecule has 0 unspecified atom stereocenters. The maximum absolute atomic E-state index is 11.0. The number of azo groups is 2. The Hall–Kier alpha value is -8.13. The zero-order chi connectivity index (χ0) is 56.1. The fourth-order valence-corrected chi connectivity index (χ4v) is 5.59. The summed E-state index contributed by atoms with van der Waals surface area (Å²) >= 11 is 0. The van der Waals surface area contributed by atoms with Crippen LogP contribution in [0.1, 0.15) is 163 Å². The van der Waals surface area contributed by atoms with Crippen molar-refractivity contribution in [3.8, 4) is 11.1 Å². The second kappa shape index (κ2) is 38.7. The van der Waals surface area contributed by atoms with E-state index in [0.29, 0.717) is 16.9 Å². The minimum absolute atomic E-state index is 0.0973. The van der Waals surface area contributed by atoms with Crippen LogP contribution >= 0.6 is 0 Å². The molecule has 0 bridgehead atoms. The smallest absolute Gasteiger partial charge is 0.0870 e. The van der Waals surface area contributed by atoms with Gasteiger partial charge >= 0.3 is 0 Å². The zero-order valence-electron chi connectivity index (χ0n) is 44.9. The van der Waals surface area contributed by atoms with Crippen molar-refractivity contribution in [1.82, 2.24) is 0 Å². The van der Waals surface area contributed by atoms with Crippen LogP contribution in [0.5, 0.6) is 0 Å². The molecule has 388 valence electrons.